The van der Waals surface area contributed by atoms with Crippen molar-refractivity contribution in [2.75, 3.05) is 0 Å². The average molecular weight is 795 g/mol. The fraction of sp³-hybridized carbons (Fsp3) is 0.0175. The number of aromatic nitrogens is 1. The van der Waals surface area contributed by atoms with E-state index in [1.807, 2.05) is 24.3 Å². The molecule has 292 valence electrons. The lowest BCUT2D eigenvalue weighted by Gasteiger charge is -2.23. The van der Waals surface area contributed by atoms with E-state index in [1.165, 1.54) is 33.0 Å². The lowest BCUT2D eigenvalue weighted by molar-refractivity contribution is 0.655. The molecule has 62 heavy (non-hydrogen) atoms. The van der Waals surface area contributed by atoms with Crippen molar-refractivity contribution in [2.24, 2.45) is 9.98 Å². The summed E-state index contributed by atoms with van der Waals surface area (Å²) in [5, 5.41) is 8.18. The van der Waals surface area contributed by atoms with Crippen molar-refractivity contribution in [3.05, 3.63) is 235 Å². The van der Waals surface area contributed by atoms with Gasteiger partial charge in [0.25, 0.3) is 0 Å². The van der Waals surface area contributed by atoms with Gasteiger partial charge in [-0.05, 0) is 81.9 Å². The molecular formula is C57H38N4O. The molecule has 11 aromatic rings. The lowest BCUT2D eigenvalue weighted by atomic mass is 10.0. The molecule has 12 rings (SSSR count). The van der Waals surface area contributed by atoms with E-state index in [4.69, 9.17) is 14.4 Å². The highest BCUT2D eigenvalue weighted by Gasteiger charge is 2.23. The Balaban J connectivity index is 0.956. The van der Waals surface area contributed by atoms with Gasteiger partial charge in [0, 0.05) is 50.0 Å². The third-order valence-corrected chi connectivity index (χ3v) is 12.1. The minimum Gasteiger partial charge on any atom is -0.456 e. The molecule has 0 bridgehead atoms. The second-order valence-corrected chi connectivity index (χ2v) is 15.8. The van der Waals surface area contributed by atoms with Gasteiger partial charge in [-0.25, -0.2) is 9.98 Å². The molecule has 1 atom stereocenters. The van der Waals surface area contributed by atoms with Crippen LogP contribution >= 0.6 is 0 Å². The van der Waals surface area contributed by atoms with Crippen LogP contribution in [0.25, 0.3) is 82.8 Å². The molecule has 3 heterocycles. The summed E-state index contributed by atoms with van der Waals surface area (Å²) in [4.78, 5) is 10.3. The molecule has 5 heteroatoms. The van der Waals surface area contributed by atoms with Crippen LogP contribution in [0.15, 0.2) is 233 Å². The van der Waals surface area contributed by atoms with Gasteiger partial charge in [0.2, 0.25) is 0 Å². The summed E-state index contributed by atoms with van der Waals surface area (Å²) < 4.78 is 9.14. The zero-order valence-electron chi connectivity index (χ0n) is 33.6. The Bertz CT molecular complexity index is 3430. The van der Waals surface area contributed by atoms with E-state index in [2.05, 4.69) is 204 Å². The van der Waals surface area contributed by atoms with Gasteiger partial charge in [-0.15, -0.1) is 0 Å². The van der Waals surface area contributed by atoms with Crippen molar-refractivity contribution in [1.82, 2.24) is 9.88 Å². The molecule has 5 nitrogen and oxygen atoms in total. The molecule has 1 N–H and O–H groups in total. The molecule has 2 aromatic heterocycles. The van der Waals surface area contributed by atoms with Gasteiger partial charge in [-0.3, -0.25) is 0 Å². The fourth-order valence-corrected chi connectivity index (χ4v) is 8.97. The largest absolute Gasteiger partial charge is 0.456 e. The second-order valence-electron chi connectivity index (χ2n) is 15.8. The molecule has 1 aliphatic rings. The van der Waals surface area contributed by atoms with Gasteiger partial charge >= 0.3 is 0 Å². The molecule has 0 aliphatic carbocycles. The van der Waals surface area contributed by atoms with E-state index in [-0.39, 0.29) is 6.17 Å². The summed E-state index contributed by atoms with van der Waals surface area (Å²) in [5.41, 5.74) is 15.0. The first-order chi connectivity index (χ1) is 30.7. The number of amidine groups is 2. The number of nitrogens with one attached hydrogen (secondary N) is 1. The van der Waals surface area contributed by atoms with Crippen LogP contribution in [0.3, 0.4) is 0 Å². The van der Waals surface area contributed by atoms with Crippen LogP contribution < -0.4 is 5.32 Å². The van der Waals surface area contributed by atoms with Crippen molar-refractivity contribution < 1.29 is 4.42 Å². The van der Waals surface area contributed by atoms with Crippen LogP contribution in [0.4, 0.5) is 0 Å². The molecule has 0 radical (unpaired) electrons. The summed E-state index contributed by atoms with van der Waals surface area (Å²) in [6.45, 7) is 0. The topological polar surface area (TPSA) is 54.8 Å². The van der Waals surface area contributed by atoms with Crippen LogP contribution in [0.2, 0.25) is 0 Å². The third kappa shape index (κ3) is 6.27. The van der Waals surface area contributed by atoms with Gasteiger partial charge in [0.1, 0.15) is 23.2 Å². The van der Waals surface area contributed by atoms with E-state index in [0.717, 1.165) is 72.3 Å². The zero-order valence-corrected chi connectivity index (χ0v) is 33.6. The van der Waals surface area contributed by atoms with Crippen LogP contribution in [-0.4, -0.2) is 16.2 Å². The standard InChI is InChI=1S/C57H38N4O/c1-5-14-37(15-6-1)41-22-13-23-44(32-41)56-58-55(40-20-11-4-12-21-40)59-57(60-56)45-24-28-47-48-29-27-46(36-54(48)62-53(47)35-45)61-51-30-25-42(38-16-7-2-8-17-38)33-49(51)50-34-43(26-31-52(50)61)39-18-9-3-10-19-39/h1-36,57H,(H,58,59,60). The Morgan fingerprint density at radius 1 is 0.387 bits per heavy atom. The molecule has 1 unspecified atom stereocenters. The molecule has 9 aromatic carbocycles. The minimum atomic E-state index is -0.384. The van der Waals surface area contributed by atoms with Gasteiger partial charge in [-0.2, -0.15) is 0 Å². The highest BCUT2D eigenvalue weighted by molar-refractivity contribution is 6.14. The molecule has 0 fully saturated rings. The SMILES string of the molecule is c1ccc(C2=NC(c3cccc(-c4ccccc4)c3)=NC(c3ccc4c(c3)oc3cc(-n5c6ccc(-c7ccccc7)cc6c6cc(-c7ccccc7)ccc65)ccc34)N2)cc1. The van der Waals surface area contributed by atoms with Crippen LogP contribution in [0, 0.1) is 0 Å². The first kappa shape index (κ1) is 35.6. The molecule has 0 amide bonds. The maximum atomic E-state index is 6.77. The summed E-state index contributed by atoms with van der Waals surface area (Å²) in [6.07, 6.45) is -0.384. The number of aliphatic imine (C=N–C) groups is 2. The molecular weight excluding hydrogens is 757 g/mol. The number of fused-ring (bicyclic) bond motifs is 6. The van der Waals surface area contributed by atoms with Crippen LogP contribution in [0.1, 0.15) is 22.9 Å². The summed E-state index contributed by atoms with van der Waals surface area (Å²) in [7, 11) is 0. The average Bonchev–Trinajstić information content (AvgIpc) is 3.89. The number of benzene rings is 9. The lowest BCUT2D eigenvalue weighted by Crippen LogP contribution is -2.33. The monoisotopic (exact) mass is 794 g/mol. The van der Waals surface area contributed by atoms with E-state index >= 15 is 0 Å². The zero-order chi connectivity index (χ0) is 41.0. The van der Waals surface area contributed by atoms with Crippen LogP contribution in [0.5, 0.6) is 0 Å². The molecule has 0 spiro atoms. The smallest absolute Gasteiger partial charge is 0.159 e. The van der Waals surface area contributed by atoms with Gasteiger partial charge < -0.3 is 14.3 Å². The van der Waals surface area contributed by atoms with Crippen molar-refractivity contribution in [3.8, 4) is 39.1 Å². The first-order valence-electron chi connectivity index (χ1n) is 21.0. The molecule has 1 aliphatic heterocycles. The predicted octanol–water partition coefficient (Wildman–Crippen LogP) is 14.2. The van der Waals surface area contributed by atoms with E-state index in [9.17, 15) is 0 Å². The second kappa shape index (κ2) is 14.8. The number of hydrogen-bond acceptors (Lipinski definition) is 4. The Morgan fingerprint density at radius 3 is 1.48 bits per heavy atom. The molecule has 0 saturated carbocycles. The normalized spacial score (nSPS) is 14.0. The van der Waals surface area contributed by atoms with Crippen molar-refractivity contribution >= 4 is 55.4 Å². The van der Waals surface area contributed by atoms with Gasteiger partial charge in [0.05, 0.1) is 11.0 Å². The Kier molecular flexibility index (Phi) is 8.49. The van der Waals surface area contributed by atoms with Gasteiger partial charge in [-0.1, -0.05) is 164 Å². The predicted molar refractivity (Wildman–Crippen MR) is 256 cm³/mol. The fourth-order valence-electron chi connectivity index (χ4n) is 8.97. The Labute approximate surface area is 358 Å². The Hall–Kier alpha value is -8.28. The highest BCUT2D eigenvalue weighted by Crippen LogP contribution is 2.39. The number of hydrogen-bond donors (Lipinski definition) is 1. The van der Waals surface area contributed by atoms with Crippen LogP contribution in [-0.2, 0) is 0 Å². The number of rotatable bonds is 7. The first-order valence-corrected chi connectivity index (χ1v) is 21.0. The third-order valence-electron chi connectivity index (χ3n) is 12.1. The van der Waals surface area contributed by atoms with Crippen molar-refractivity contribution in [1.29, 1.82) is 0 Å². The van der Waals surface area contributed by atoms with E-state index in [0.29, 0.717) is 5.84 Å². The van der Waals surface area contributed by atoms with Crippen molar-refractivity contribution in [2.45, 2.75) is 6.17 Å². The number of nitrogens with zero attached hydrogens (tertiary/aromatic N) is 3. The summed E-state index contributed by atoms with van der Waals surface area (Å²) in [5.74, 6) is 1.45. The summed E-state index contributed by atoms with van der Waals surface area (Å²) in [6, 6.07) is 77.0. The quantitative estimate of drug-likeness (QED) is 0.175. The Morgan fingerprint density at radius 2 is 0.887 bits per heavy atom. The number of furan rings is 1. The minimum absolute atomic E-state index is 0.384. The maximum Gasteiger partial charge on any atom is 0.159 e. The van der Waals surface area contributed by atoms with Crippen molar-refractivity contribution in [3.63, 3.8) is 0 Å². The van der Waals surface area contributed by atoms with Gasteiger partial charge in [0.15, 0.2) is 5.84 Å². The highest BCUT2D eigenvalue weighted by atomic mass is 16.3. The van der Waals surface area contributed by atoms with E-state index < -0.39 is 0 Å². The summed E-state index contributed by atoms with van der Waals surface area (Å²) >= 11 is 0. The molecule has 0 saturated heterocycles. The van der Waals surface area contributed by atoms with E-state index in [1.54, 1.807) is 0 Å². The maximum absolute atomic E-state index is 6.77.